The van der Waals surface area contributed by atoms with E-state index in [-0.39, 0.29) is 0 Å². The fraction of sp³-hybridized carbons (Fsp3) is 0.385. The predicted molar refractivity (Wildman–Crippen MR) is 70.4 cm³/mol. The summed E-state index contributed by atoms with van der Waals surface area (Å²) in [6.07, 6.45) is 1.54. The van der Waals surface area contributed by atoms with E-state index in [9.17, 15) is 0 Å². The number of aromatic nitrogens is 3. The number of anilines is 1. The van der Waals surface area contributed by atoms with Gasteiger partial charge >= 0.3 is 0 Å². The third kappa shape index (κ3) is 2.30. The van der Waals surface area contributed by atoms with E-state index in [1.54, 1.807) is 6.33 Å². The van der Waals surface area contributed by atoms with Crippen molar-refractivity contribution in [3.05, 3.63) is 35.4 Å². The van der Waals surface area contributed by atoms with E-state index >= 15 is 0 Å². The Morgan fingerprint density at radius 3 is 2.83 bits per heavy atom. The molecule has 5 heteroatoms. The highest BCUT2D eigenvalue weighted by Gasteiger charge is 2.09. The number of hydrogen-bond acceptors (Lipinski definition) is 4. The fourth-order valence-corrected chi connectivity index (χ4v) is 1.87. The number of aryl methyl sites for hydroxylation is 2. The zero-order valence-corrected chi connectivity index (χ0v) is 11.0. The molecule has 0 fully saturated rings. The van der Waals surface area contributed by atoms with Gasteiger partial charge in [0.05, 0.1) is 0 Å². The second-order valence-corrected chi connectivity index (χ2v) is 4.21. The van der Waals surface area contributed by atoms with Crippen LogP contribution in [0.25, 0.3) is 0 Å². The summed E-state index contributed by atoms with van der Waals surface area (Å²) in [4.78, 5) is 4.18. The Kier molecular flexibility index (Phi) is 3.50. The Balaban J connectivity index is 2.18. The first-order chi connectivity index (χ1) is 8.63. The van der Waals surface area contributed by atoms with Crippen molar-refractivity contribution in [2.24, 2.45) is 0 Å². The molecule has 0 aliphatic carbocycles. The Hall–Kier alpha value is -2.04. The smallest absolute Gasteiger partial charge is 0.164 e. The van der Waals surface area contributed by atoms with Crippen LogP contribution in [-0.4, -0.2) is 14.8 Å². The lowest BCUT2D eigenvalue weighted by molar-refractivity contribution is 0.283. The third-order valence-corrected chi connectivity index (χ3v) is 2.99. The zero-order valence-electron chi connectivity index (χ0n) is 11.0. The molecule has 0 saturated heterocycles. The standard InChI is InChI=1S/C13H18N4O/c1-4-17-12(15-8-16-17)7-18-13-9(2)5-6-11(14)10(13)3/h5-6,8H,4,7,14H2,1-3H3. The van der Waals surface area contributed by atoms with Crippen LogP contribution in [0.1, 0.15) is 23.9 Å². The second-order valence-electron chi connectivity index (χ2n) is 4.21. The minimum absolute atomic E-state index is 0.402. The topological polar surface area (TPSA) is 66.0 Å². The summed E-state index contributed by atoms with van der Waals surface area (Å²) >= 11 is 0. The summed E-state index contributed by atoms with van der Waals surface area (Å²) in [5.74, 6) is 1.65. The van der Waals surface area contributed by atoms with Gasteiger partial charge in [0.1, 0.15) is 18.7 Å². The number of hydrogen-bond donors (Lipinski definition) is 1. The molecule has 2 aromatic rings. The Labute approximate surface area is 107 Å². The number of nitrogens with zero attached hydrogens (tertiary/aromatic N) is 3. The molecular weight excluding hydrogens is 228 g/mol. The van der Waals surface area contributed by atoms with E-state index in [1.165, 1.54) is 0 Å². The molecule has 0 bridgehead atoms. The van der Waals surface area contributed by atoms with Crippen LogP contribution < -0.4 is 10.5 Å². The van der Waals surface area contributed by atoms with E-state index in [0.717, 1.165) is 34.9 Å². The highest BCUT2D eigenvalue weighted by molar-refractivity contribution is 5.56. The van der Waals surface area contributed by atoms with Crippen molar-refractivity contribution < 1.29 is 4.74 Å². The van der Waals surface area contributed by atoms with E-state index in [4.69, 9.17) is 10.5 Å². The number of rotatable bonds is 4. The molecule has 2 N–H and O–H groups in total. The molecule has 5 nitrogen and oxygen atoms in total. The van der Waals surface area contributed by atoms with E-state index in [1.807, 2.05) is 37.6 Å². The van der Waals surface area contributed by atoms with Crippen LogP contribution in [0.2, 0.25) is 0 Å². The SMILES string of the molecule is CCn1ncnc1COc1c(C)ccc(N)c1C. The van der Waals surface area contributed by atoms with Crippen LogP contribution in [0, 0.1) is 13.8 Å². The molecular formula is C13H18N4O. The first-order valence-electron chi connectivity index (χ1n) is 5.98. The van der Waals surface area contributed by atoms with Crippen LogP contribution in [0.4, 0.5) is 5.69 Å². The molecule has 0 spiro atoms. The molecule has 1 heterocycles. The number of nitrogen functional groups attached to an aromatic ring is 1. The molecule has 18 heavy (non-hydrogen) atoms. The first-order valence-corrected chi connectivity index (χ1v) is 5.98. The monoisotopic (exact) mass is 246 g/mol. The molecule has 96 valence electrons. The molecule has 0 atom stereocenters. The summed E-state index contributed by atoms with van der Waals surface area (Å²) in [6, 6.07) is 3.86. The predicted octanol–water partition coefficient (Wildman–Crippen LogP) is 2.08. The van der Waals surface area contributed by atoms with Crippen LogP contribution >= 0.6 is 0 Å². The molecule has 0 unspecified atom stereocenters. The van der Waals surface area contributed by atoms with Gasteiger partial charge in [-0.3, -0.25) is 0 Å². The van der Waals surface area contributed by atoms with Gasteiger partial charge in [0.15, 0.2) is 5.82 Å². The highest BCUT2D eigenvalue weighted by atomic mass is 16.5. The van der Waals surface area contributed by atoms with E-state index in [0.29, 0.717) is 6.61 Å². The van der Waals surface area contributed by atoms with Gasteiger partial charge in [-0.25, -0.2) is 9.67 Å². The normalized spacial score (nSPS) is 10.6. The molecule has 0 saturated carbocycles. The molecule has 1 aromatic heterocycles. The fourth-order valence-electron chi connectivity index (χ4n) is 1.87. The maximum Gasteiger partial charge on any atom is 0.164 e. The number of nitrogens with two attached hydrogens (primary N) is 1. The van der Waals surface area contributed by atoms with Crippen molar-refractivity contribution in [2.75, 3.05) is 5.73 Å². The molecule has 0 radical (unpaired) electrons. The summed E-state index contributed by atoms with van der Waals surface area (Å²) < 4.78 is 7.65. The van der Waals surface area contributed by atoms with Gasteiger partial charge in [-0.1, -0.05) is 6.07 Å². The number of benzene rings is 1. The summed E-state index contributed by atoms with van der Waals surface area (Å²) in [5, 5.41) is 4.11. The van der Waals surface area contributed by atoms with Crippen LogP contribution in [0.5, 0.6) is 5.75 Å². The van der Waals surface area contributed by atoms with Crippen LogP contribution in [0.15, 0.2) is 18.5 Å². The summed E-state index contributed by atoms with van der Waals surface area (Å²) in [7, 11) is 0. The van der Waals surface area contributed by atoms with Crippen molar-refractivity contribution in [2.45, 2.75) is 33.9 Å². The van der Waals surface area contributed by atoms with Gasteiger partial charge in [0.2, 0.25) is 0 Å². The van der Waals surface area contributed by atoms with Crippen molar-refractivity contribution in [3.8, 4) is 5.75 Å². The average molecular weight is 246 g/mol. The molecule has 0 aliphatic rings. The number of ether oxygens (including phenoxy) is 1. The van der Waals surface area contributed by atoms with E-state index < -0.39 is 0 Å². The first kappa shape index (κ1) is 12.4. The largest absolute Gasteiger partial charge is 0.485 e. The quantitative estimate of drug-likeness (QED) is 0.839. The molecule has 0 amide bonds. The Morgan fingerprint density at radius 1 is 1.33 bits per heavy atom. The van der Waals surface area contributed by atoms with Crippen molar-refractivity contribution >= 4 is 5.69 Å². The van der Waals surface area contributed by atoms with Crippen molar-refractivity contribution in [1.82, 2.24) is 14.8 Å². The van der Waals surface area contributed by atoms with Gasteiger partial charge in [-0.15, -0.1) is 0 Å². The molecule has 1 aromatic carbocycles. The molecule has 0 aliphatic heterocycles. The second kappa shape index (κ2) is 5.08. The summed E-state index contributed by atoms with van der Waals surface area (Å²) in [5.41, 5.74) is 8.67. The minimum Gasteiger partial charge on any atom is -0.485 e. The van der Waals surface area contributed by atoms with Crippen LogP contribution in [0.3, 0.4) is 0 Å². The molecule has 2 rings (SSSR count). The van der Waals surface area contributed by atoms with E-state index in [2.05, 4.69) is 10.1 Å². The lowest BCUT2D eigenvalue weighted by atomic mass is 10.1. The highest BCUT2D eigenvalue weighted by Crippen LogP contribution is 2.28. The minimum atomic E-state index is 0.402. The van der Waals surface area contributed by atoms with Gasteiger partial charge in [0.25, 0.3) is 0 Å². The lowest BCUT2D eigenvalue weighted by Gasteiger charge is -2.13. The Bertz CT molecular complexity index is 548. The van der Waals surface area contributed by atoms with Gasteiger partial charge in [-0.05, 0) is 32.4 Å². The lowest BCUT2D eigenvalue weighted by Crippen LogP contribution is -2.08. The zero-order chi connectivity index (χ0) is 13.1. The summed E-state index contributed by atoms with van der Waals surface area (Å²) in [6.45, 7) is 7.18. The van der Waals surface area contributed by atoms with Crippen molar-refractivity contribution in [3.63, 3.8) is 0 Å². The van der Waals surface area contributed by atoms with Gasteiger partial charge < -0.3 is 10.5 Å². The maximum atomic E-state index is 5.88. The van der Waals surface area contributed by atoms with Gasteiger partial charge in [-0.2, -0.15) is 5.10 Å². The maximum absolute atomic E-state index is 5.88. The van der Waals surface area contributed by atoms with Gasteiger partial charge in [0, 0.05) is 17.8 Å². The van der Waals surface area contributed by atoms with Crippen LogP contribution in [-0.2, 0) is 13.2 Å². The van der Waals surface area contributed by atoms with Crippen molar-refractivity contribution in [1.29, 1.82) is 0 Å². The Morgan fingerprint density at radius 2 is 2.11 bits per heavy atom. The average Bonchev–Trinajstić information content (AvgIpc) is 2.81. The third-order valence-electron chi connectivity index (χ3n) is 2.99.